The number of rotatable bonds is 1. The predicted molar refractivity (Wildman–Crippen MR) is 22.5 cm³/mol. The average Bonchev–Trinajstić information content (AvgIpc) is 1.36. The maximum absolute atomic E-state index is 9.70. The largest absolute Gasteiger partial charge is 0.481 e. The van der Waals surface area contributed by atoms with Crippen LogP contribution in [0.2, 0.25) is 0 Å². The van der Waals surface area contributed by atoms with Crippen LogP contribution in [0, 0.1) is 5.92 Å². The fourth-order valence-electron chi connectivity index (χ4n) is 0. The summed E-state index contributed by atoms with van der Waals surface area (Å²) in [4.78, 5) is 9.70. The van der Waals surface area contributed by atoms with Crippen LogP contribution in [0.3, 0.4) is 0 Å². The van der Waals surface area contributed by atoms with Crippen LogP contribution in [-0.4, -0.2) is 11.1 Å². The first-order valence-electron chi connectivity index (χ1n) is 1.87. The molecule has 6 heavy (non-hydrogen) atoms. The summed E-state index contributed by atoms with van der Waals surface area (Å²) in [6, 6.07) is 0. The Kier molecular flexibility index (Phi) is 1.64. The van der Waals surface area contributed by atoms with Gasteiger partial charge in [0.1, 0.15) is 0 Å². The molecule has 0 aromatic heterocycles. The van der Waals surface area contributed by atoms with E-state index in [0.29, 0.717) is 0 Å². The highest BCUT2D eigenvalue weighted by atomic mass is 16.4. The third-order valence-corrected chi connectivity index (χ3v) is 0.494. The molecule has 0 radical (unpaired) electrons. The van der Waals surface area contributed by atoms with E-state index in [0.717, 1.165) is 0 Å². The van der Waals surface area contributed by atoms with E-state index in [-0.39, 0.29) is 5.92 Å². The lowest BCUT2D eigenvalue weighted by Gasteiger charge is -1.89. The second-order valence-corrected chi connectivity index (χ2v) is 1.49. The highest BCUT2D eigenvalue weighted by molar-refractivity contribution is 5.68. The molecule has 0 unspecified atom stereocenters. The Hall–Kier alpha value is -0.530. The van der Waals surface area contributed by atoms with Crippen molar-refractivity contribution in [2.45, 2.75) is 13.8 Å². The Morgan fingerprint density at radius 1 is 1.67 bits per heavy atom. The van der Waals surface area contributed by atoms with Crippen LogP contribution in [-0.2, 0) is 4.79 Å². The molecule has 1 atom stereocenters. The van der Waals surface area contributed by atoms with Crippen LogP contribution >= 0.6 is 0 Å². The normalized spacial score (nSPS) is 13.7. The van der Waals surface area contributed by atoms with E-state index in [2.05, 4.69) is 0 Å². The second kappa shape index (κ2) is 1.80. The van der Waals surface area contributed by atoms with E-state index in [1.807, 2.05) is 0 Å². The van der Waals surface area contributed by atoms with Gasteiger partial charge in [-0.25, -0.2) is 0 Å². The van der Waals surface area contributed by atoms with E-state index in [1.165, 1.54) is 0 Å². The molecule has 0 rings (SSSR count). The van der Waals surface area contributed by atoms with E-state index in [1.54, 1.807) is 13.8 Å². The summed E-state index contributed by atoms with van der Waals surface area (Å²) in [5.74, 6) is -0.972. The zero-order valence-corrected chi connectivity index (χ0v) is 3.93. The summed E-state index contributed by atoms with van der Waals surface area (Å²) in [5.41, 5.74) is 0. The summed E-state index contributed by atoms with van der Waals surface area (Å²) in [6.45, 7) is 3.28. The van der Waals surface area contributed by atoms with Gasteiger partial charge in [-0.1, -0.05) is 13.8 Å². The quantitative estimate of drug-likeness (QED) is 0.481. The van der Waals surface area contributed by atoms with Crippen molar-refractivity contribution < 1.29 is 9.90 Å². The minimum atomic E-state index is -0.741. The van der Waals surface area contributed by atoms with Crippen LogP contribution in [0.1, 0.15) is 13.8 Å². The Morgan fingerprint density at radius 3 is 1.83 bits per heavy atom. The molecule has 0 aromatic carbocycles. The number of carboxylic acid groups (broad SMARTS) is 1. The molecule has 0 aliphatic carbocycles. The van der Waals surface area contributed by atoms with Crippen molar-refractivity contribution in [2.75, 3.05) is 0 Å². The van der Waals surface area contributed by atoms with Gasteiger partial charge in [-0.2, -0.15) is 0 Å². The summed E-state index contributed by atoms with van der Waals surface area (Å²) in [5, 5.41) is 7.99. The van der Waals surface area contributed by atoms with E-state index in [9.17, 15) is 4.79 Å². The zero-order valence-electron chi connectivity index (χ0n) is 3.93. The Balaban J connectivity index is 3.26. The molecule has 0 aliphatic heterocycles. The van der Waals surface area contributed by atoms with Crippen LogP contribution in [0.5, 0.6) is 0 Å². The van der Waals surface area contributed by atoms with Gasteiger partial charge in [-0.15, -0.1) is 0 Å². The van der Waals surface area contributed by atoms with Gasteiger partial charge >= 0.3 is 5.97 Å². The van der Waals surface area contributed by atoms with Crippen molar-refractivity contribution in [3.63, 3.8) is 0 Å². The van der Waals surface area contributed by atoms with E-state index < -0.39 is 5.97 Å². The van der Waals surface area contributed by atoms with Crippen LogP contribution in [0.25, 0.3) is 0 Å². The van der Waals surface area contributed by atoms with Gasteiger partial charge in [0.15, 0.2) is 0 Å². The van der Waals surface area contributed by atoms with Gasteiger partial charge in [-0.05, 0) is 0 Å². The first-order chi connectivity index (χ1) is 2.64. The molecule has 0 saturated carbocycles. The molecule has 36 valence electrons. The maximum atomic E-state index is 9.70. The number of hydrogen-bond donors (Lipinski definition) is 1. The summed E-state index contributed by atoms with van der Waals surface area (Å²) >= 11 is 0. The minimum absolute atomic E-state index is 0.231. The Morgan fingerprint density at radius 2 is 1.83 bits per heavy atom. The van der Waals surface area contributed by atoms with Gasteiger partial charge in [0.2, 0.25) is 0 Å². The van der Waals surface area contributed by atoms with E-state index in [4.69, 9.17) is 5.11 Å². The molecule has 0 amide bonds. The third-order valence-electron chi connectivity index (χ3n) is 0.494. The smallest absolute Gasteiger partial charge is 0.305 e. The third kappa shape index (κ3) is 1.76. The van der Waals surface area contributed by atoms with Crippen LogP contribution in [0.15, 0.2) is 0 Å². The lowest BCUT2D eigenvalue weighted by atomic mass is 10.3. The molecule has 0 spiro atoms. The highest BCUT2D eigenvalue weighted by Crippen LogP contribution is 1.87. The first-order valence-corrected chi connectivity index (χ1v) is 1.87. The van der Waals surface area contributed by atoms with Crippen molar-refractivity contribution in [1.82, 2.24) is 0 Å². The van der Waals surface area contributed by atoms with Crippen LogP contribution < -0.4 is 0 Å². The number of carbonyl (C=O) groups is 1. The van der Waals surface area contributed by atoms with E-state index >= 15 is 0 Å². The molecule has 0 aromatic rings. The van der Waals surface area contributed by atoms with Gasteiger partial charge in [0.05, 0.1) is 5.92 Å². The van der Waals surface area contributed by atoms with Gasteiger partial charge in [0, 0.05) is 0 Å². The second-order valence-electron chi connectivity index (χ2n) is 1.49. The molecule has 0 heterocycles. The molecule has 2 heteroatoms. The topological polar surface area (TPSA) is 37.3 Å². The molecular formula is C4H8O2. The van der Waals surface area contributed by atoms with Crippen molar-refractivity contribution in [3.05, 3.63) is 0 Å². The van der Waals surface area contributed by atoms with Crippen molar-refractivity contribution in [1.29, 1.82) is 0 Å². The average molecular weight is 89.1 g/mol. The van der Waals surface area contributed by atoms with Gasteiger partial charge in [-0.3, -0.25) is 4.79 Å². The summed E-state index contributed by atoms with van der Waals surface area (Å²) in [7, 11) is 0. The molecule has 0 aliphatic rings. The summed E-state index contributed by atoms with van der Waals surface area (Å²) in [6.07, 6.45) is 0. The Labute approximate surface area is 36.8 Å². The highest BCUT2D eigenvalue weighted by Gasteiger charge is 1.99. The number of carboxylic acids is 1. The molecule has 0 fully saturated rings. The number of aliphatic carboxylic acids is 1. The van der Waals surface area contributed by atoms with Crippen molar-refractivity contribution in [2.24, 2.45) is 5.92 Å². The zero-order chi connectivity index (χ0) is 5.15. The molecule has 1 N–H and O–H groups in total. The first kappa shape index (κ1) is 5.47. The maximum Gasteiger partial charge on any atom is 0.305 e. The van der Waals surface area contributed by atoms with Gasteiger partial charge in [0.25, 0.3) is 0 Å². The van der Waals surface area contributed by atoms with Crippen molar-refractivity contribution >= 4 is 5.97 Å². The SMILES string of the molecule is C[C@@H]([13CH3])C(=O)O. The van der Waals surface area contributed by atoms with Crippen LogP contribution in [0.4, 0.5) is 0 Å². The predicted octanol–water partition coefficient (Wildman–Crippen LogP) is 0.727. The molecule has 0 bridgehead atoms. The van der Waals surface area contributed by atoms with Crippen molar-refractivity contribution in [3.8, 4) is 0 Å². The molecule has 0 saturated heterocycles. The standard InChI is InChI=1S/C4H8O2/c1-3(2)4(5)6/h3H,1-2H3,(H,5,6)/i1+1/t3-/m1/s1. The van der Waals surface area contributed by atoms with Gasteiger partial charge < -0.3 is 5.11 Å². The number of hydrogen-bond acceptors (Lipinski definition) is 1. The lowest BCUT2D eigenvalue weighted by molar-refractivity contribution is -0.140. The molecule has 2 nitrogen and oxygen atoms in total. The monoisotopic (exact) mass is 89.1 g/mol. The fourth-order valence-corrected chi connectivity index (χ4v) is 0. The lowest BCUT2D eigenvalue weighted by Crippen LogP contribution is -2.03. The minimum Gasteiger partial charge on any atom is -0.481 e. The fraction of sp³-hybridized carbons (Fsp3) is 0.750. The summed E-state index contributed by atoms with van der Waals surface area (Å²) < 4.78 is 0. The Bertz CT molecular complexity index is 56.6. The molecular weight excluding hydrogens is 81.0 g/mol.